The van der Waals surface area contributed by atoms with Gasteiger partial charge in [0.1, 0.15) is 0 Å². The average molecular weight is 275 g/mol. The zero-order chi connectivity index (χ0) is 10.7. The minimum atomic E-state index is 0.509. The Morgan fingerprint density at radius 1 is 1.07 bits per heavy atom. The lowest BCUT2D eigenvalue weighted by Crippen LogP contribution is -2.20. The number of rotatable bonds is 2. The molecule has 0 aromatic heterocycles. The highest BCUT2D eigenvalue weighted by molar-refractivity contribution is 9.09. The Kier molecular flexibility index (Phi) is 4.51. The molecule has 4 atom stereocenters. The van der Waals surface area contributed by atoms with Crippen LogP contribution in [0.15, 0.2) is 0 Å². The molecule has 0 amide bonds. The fourth-order valence-electron chi connectivity index (χ4n) is 3.00. The Labute approximate surface area is 102 Å². The number of alkyl halides is 1. The van der Waals surface area contributed by atoms with Gasteiger partial charge in [-0.3, -0.25) is 0 Å². The zero-order valence-corrected chi connectivity index (χ0v) is 11.3. The van der Waals surface area contributed by atoms with Crippen LogP contribution >= 0.6 is 15.9 Å². The molecule has 1 aliphatic carbocycles. The smallest absolute Gasteiger partial charge is 0.0582 e. The van der Waals surface area contributed by atoms with Gasteiger partial charge in [0.05, 0.1) is 12.2 Å². The number of hydrogen-bond acceptors (Lipinski definition) is 1. The van der Waals surface area contributed by atoms with Crippen molar-refractivity contribution in [2.45, 2.75) is 75.3 Å². The molecule has 0 N–H and O–H groups in total. The molecular weight excluding hydrogens is 252 g/mol. The molecule has 0 aromatic rings. The summed E-state index contributed by atoms with van der Waals surface area (Å²) in [5.74, 6) is 0.864. The molecule has 2 heteroatoms. The highest BCUT2D eigenvalue weighted by atomic mass is 79.9. The summed E-state index contributed by atoms with van der Waals surface area (Å²) in [5.41, 5.74) is 0. The van der Waals surface area contributed by atoms with Gasteiger partial charge in [-0.25, -0.2) is 0 Å². The Balaban J connectivity index is 1.81. The molecule has 1 saturated carbocycles. The second-order valence-electron chi connectivity index (χ2n) is 5.30. The van der Waals surface area contributed by atoms with Crippen LogP contribution in [0.4, 0.5) is 0 Å². The van der Waals surface area contributed by atoms with E-state index < -0.39 is 0 Å². The van der Waals surface area contributed by atoms with Crippen molar-refractivity contribution < 1.29 is 4.74 Å². The lowest BCUT2D eigenvalue weighted by Gasteiger charge is -2.23. The summed E-state index contributed by atoms with van der Waals surface area (Å²) in [5, 5.41) is 0. The van der Waals surface area contributed by atoms with E-state index in [1.807, 2.05) is 0 Å². The molecular formula is C13H23BrO. The van der Waals surface area contributed by atoms with E-state index in [0.717, 1.165) is 10.7 Å². The predicted octanol–water partition coefficient (Wildman–Crippen LogP) is 4.29. The number of ether oxygens (including phenoxy) is 1. The number of hydrogen-bond donors (Lipinski definition) is 0. The zero-order valence-electron chi connectivity index (χ0n) is 9.75. The second kappa shape index (κ2) is 5.67. The van der Waals surface area contributed by atoms with Crippen molar-refractivity contribution in [3.63, 3.8) is 0 Å². The number of halogens is 1. The van der Waals surface area contributed by atoms with Crippen LogP contribution in [0.1, 0.15) is 58.3 Å². The molecule has 88 valence electrons. The summed E-state index contributed by atoms with van der Waals surface area (Å²) in [6.45, 7) is 2.21. The minimum absolute atomic E-state index is 0.509. The van der Waals surface area contributed by atoms with Crippen LogP contribution in [0.5, 0.6) is 0 Å². The summed E-state index contributed by atoms with van der Waals surface area (Å²) in [6, 6.07) is 0. The van der Waals surface area contributed by atoms with Gasteiger partial charge >= 0.3 is 0 Å². The third-order valence-electron chi connectivity index (χ3n) is 3.95. The van der Waals surface area contributed by atoms with Gasteiger partial charge in [0, 0.05) is 4.83 Å². The fourth-order valence-corrected chi connectivity index (χ4v) is 3.80. The van der Waals surface area contributed by atoms with Crippen molar-refractivity contribution in [3.8, 4) is 0 Å². The first-order chi connectivity index (χ1) is 7.25. The van der Waals surface area contributed by atoms with E-state index in [9.17, 15) is 0 Å². The van der Waals surface area contributed by atoms with Gasteiger partial charge in [0.2, 0.25) is 0 Å². The third kappa shape index (κ3) is 3.45. The maximum atomic E-state index is 5.93. The van der Waals surface area contributed by atoms with Gasteiger partial charge in [0.15, 0.2) is 0 Å². The quantitative estimate of drug-likeness (QED) is 0.539. The minimum Gasteiger partial charge on any atom is -0.375 e. The van der Waals surface area contributed by atoms with Crippen LogP contribution in [-0.4, -0.2) is 17.0 Å². The van der Waals surface area contributed by atoms with Gasteiger partial charge in [-0.2, -0.15) is 0 Å². The highest BCUT2D eigenvalue weighted by Crippen LogP contribution is 2.35. The fraction of sp³-hybridized carbons (Fsp3) is 1.00. The van der Waals surface area contributed by atoms with Crippen molar-refractivity contribution in [1.82, 2.24) is 0 Å². The lowest BCUT2D eigenvalue weighted by atomic mass is 9.92. The molecule has 1 saturated heterocycles. The normalized spacial score (nSPS) is 42.8. The van der Waals surface area contributed by atoms with Crippen LogP contribution in [-0.2, 0) is 4.74 Å². The molecule has 1 aliphatic heterocycles. The summed E-state index contributed by atoms with van der Waals surface area (Å²) < 4.78 is 5.93. The summed E-state index contributed by atoms with van der Waals surface area (Å²) in [6.07, 6.45) is 12.0. The molecule has 4 unspecified atom stereocenters. The molecule has 2 rings (SSSR count). The van der Waals surface area contributed by atoms with E-state index >= 15 is 0 Å². The maximum Gasteiger partial charge on any atom is 0.0582 e. The van der Waals surface area contributed by atoms with Crippen molar-refractivity contribution in [2.75, 3.05) is 0 Å². The van der Waals surface area contributed by atoms with E-state index in [2.05, 4.69) is 22.9 Å². The first-order valence-corrected chi connectivity index (χ1v) is 7.47. The maximum absolute atomic E-state index is 5.93. The van der Waals surface area contributed by atoms with E-state index in [-0.39, 0.29) is 0 Å². The predicted molar refractivity (Wildman–Crippen MR) is 67.5 cm³/mol. The monoisotopic (exact) mass is 274 g/mol. The van der Waals surface area contributed by atoms with Crippen LogP contribution in [0.3, 0.4) is 0 Å². The summed E-state index contributed by atoms with van der Waals surface area (Å²) in [4.78, 5) is 0.750. The molecule has 2 aliphatic rings. The van der Waals surface area contributed by atoms with E-state index in [4.69, 9.17) is 4.74 Å². The molecule has 1 nitrogen and oxygen atoms in total. The topological polar surface area (TPSA) is 9.23 Å². The Bertz CT molecular complexity index is 195. The molecule has 15 heavy (non-hydrogen) atoms. The molecule has 2 fully saturated rings. The first kappa shape index (κ1) is 11.9. The first-order valence-electron chi connectivity index (χ1n) is 6.55. The van der Waals surface area contributed by atoms with Gasteiger partial charge < -0.3 is 4.74 Å². The summed E-state index contributed by atoms with van der Waals surface area (Å²) >= 11 is 3.87. The molecule has 0 spiro atoms. The molecule has 1 heterocycles. The third-order valence-corrected chi connectivity index (χ3v) is 5.16. The van der Waals surface area contributed by atoms with Crippen LogP contribution in [0.25, 0.3) is 0 Å². The van der Waals surface area contributed by atoms with Gasteiger partial charge in [0.25, 0.3) is 0 Å². The molecule has 0 aromatic carbocycles. The average Bonchev–Trinajstić information content (AvgIpc) is 2.50. The Morgan fingerprint density at radius 3 is 2.60 bits per heavy atom. The van der Waals surface area contributed by atoms with Gasteiger partial charge in [-0.05, 0) is 44.9 Å². The van der Waals surface area contributed by atoms with Crippen LogP contribution < -0.4 is 0 Å². The summed E-state index contributed by atoms with van der Waals surface area (Å²) in [7, 11) is 0. The molecule has 0 radical (unpaired) electrons. The lowest BCUT2D eigenvalue weighted by molar-refractivity contribution is 0.0401. The van der Waals surface area contributed by atoms with Gasteiger partial charge in [-0.1, -0.05) is 35.2 Å². The van der Waals surface area contributed by atoms with E-state index in [0.29, 0.717) is 12.2 Å². The SMILES string of the molecule is CC1CCC(CC2CCCCCC2Br)O1. The Morgan fingerprint density at radius 2 is 1.87 bits per heavy atom. The standard InChI is InChI=1S/C13H23BrO/c1-10-7-8-12(15-10)9-11-5-3-2-4-6-13(11)14/h10-13H,2-9H2,1H3. The van der Waals surface area contributed by atoms with Crippen molar-refractivity contribution in [2.24, 2.45) is 5.92 Å². The van der Waals surface area contributed by atoms with Crippen LogP contribution in [0.2, 0.25) is 0 Å². The Hall–Kier alpha value is 0.440. The van der Waals surface area contributed by atoms with Crippen LogP contribution in [0, 0.1) is 5.92 Å². The molecule has 0 bridgehead atoms. The van der Waals surface area contributed by atoms with Crippen molar-refractivity contribution in [3.05, 3.63) is 0 Å². The van der Waals surface area contributed by atoms with Gasteiger partial charge in [-0.15, -0.1) is 0 Å². The van der Waals surface area contributed by atoms with E-state index in [1.165, 1.54) is 51.4 Å². The largest absolute Gasteiger partial charge is 0.375 e. The van der Waals surface area contributed by atoms with Crippen molar-refractivity contribution in [1.29, 1.82) is 0 Å². The van der Waals surface area contributed by atoms with E-state index in [1.54, 1.807) is 0 Å². The highest BCUT2D eigenvalue weighted by Gasteiger charge is 2.28. The van der Waals surface area contributed by atoms with Crippen molar-refractivity contribution >= 4 is 15.9 Å². The second-order valence-corrected chi connectivity index (χ2v) is 6.47.